The summed E-state index contributed by atoms with van der Waals surface area (Å²) in [6.45, 7) is 5.18. The third-order valence-corrected chi connectivity index (χ3v) is 4.91. The zero-order valence-electron chi connectivity index (χ0n) is 9.37. The molecule has 1 aromatic rings. The van der Waals surface area contributed by atoms with Crippen molar-refractivity contribution >= 4 is 27.3 Å². The minimum absolute atomic E-state index is 0.0907. The number of halogens is 1. The van der Waals surface area contributed by atoms with Gasteiger partial charge < -0.3 is 0 Å². The Labute approximate surface area is 109 Å². The van der Waals surface area contributed by atoms with Crippen LogP contribution in [0, 0.1) is 16.7 Å². The molecule has 2 nitrogen and oxygen atoms in total. The van der Waals surface area contributed by atoms with Gasteiger partial charge in [0, 0.05) is 34.4 Å². The maximum Gasteiger partial charge on any atom is 0.0687 e. The average Bonchev–Trinajstić information content (AvgIpc) is 2.68. The number of hydrogen-bond donors (Lipinski definition) is 0. The number of likely N-dealkylation sites (tertiary alicyclic amines) is 1. The van der Waals surface area contributed by atoms with Crippen LogP contribution in [0.5, 0.6) is 0 Å². The average molecular weight is 299 g/mol. The highest BCUT2D eigenvalue weighted by molar-refractivity contribution is 9.10. The van der Waals surface area contributed by atoms with Crippen LogP contribution in [0.1, 0.15) is 24.6 Å². The molecular weight excluding hydrogens is 284 g/mol. The molecule has 1 fully saturated rings. The molecule has 0 unspecified atom stereocenters. The summed E-state index contributed by atoms with van der Waals surface area (Å²) in [7, 11) is 0. The molecular formula is C12H15BrN2S. The third-order valence-electron chi connectivity index (χ3n) is 3.23. The highest BCUT2D eigenvalue weighted by atomic mass is 79.9. The van der Waals surface area contributed by atoms with Gasteiger partial charge in [-0.3, -0.25) is 4.90 Å². The fraction of sp³-hybridized carbons (Fsp3) is 0.583. The van der Waals surface area contributed by atoms with Crippen molar-refractivity contribution in [3.8, 4) is 6.07 Å². The summed E-state index contributed by atoms with van der Waals surface area (Å²) in [4.78, 5) is 3.84. The molecule has 16 heavy (non-hydrogen) atoms. The van der Waals surface area contributed by atoms with E-state index >= 15 is 0 Å². The lowest BCUT2D eigenvalue weighted by atomic mass is 9.82. The molecule has 2 rings (SSSR count). The van der Waals surface area contributed by atoms with Crippen LogP contribution < -0.4 is 0 Å². The molecule has 0 N–H and O–H groups in total. The van der Waals surface area contributed by atoms with Gasteiger partial charge in [-0.15, -0.1) is 11.3 Å². The monoisotopic (exact) mass is 298 g/mol. The Morgan fingerprint density at radius 3 is 2.75 bits per heavy atom. The molecule has 4 heteroatoms. The van der Waals surface area contributed by atoms with E-state index in [1.165, 1.54) is 9.35 Å². The van der Waals surface area contributed by atoms with Crippen LogP contribution in [0.25, 0.3) is 0 Å². The number of hydrogen-bond acceptors (Lipinski definition) is 3. The number of nitriles is 1. The highest BCUT2D eigenvalue weighted by Crippen LogP contribution is 2.31. The third kappa shape index (κ3) is 2.85. The van der Waals surface area contributed by atoms with Gasteiger partial charge in [0.25, 0.3) is 0 Å². The number of nitrogens with zero attached hydrogens (tertiary/aromatic N) is 2. The predicted octanol–water partition coefficient (Wildman–Crippen LogP) is 3.64. The van der Waals surface area contributed by atoms with E-state index in [4.69, 9.17) is 5.26 Å². The van der Waals surface area contributed by atoms with E-state index in [0.717, 1.165) is 32.5 Å². The number of thiophene rings is 1. The lowest BCUT2D eigenvalue weighted by Crippen LogP contribution is -2.37. The Bertz CT molecular complexity index is 399. The fourth-order valence-corrected chi connectivity index (χ4v) is 3.47. The summed E-state index contributed by atoms with van der Waals surface area (Å²) < 4.78 is 1.17. The maximum atomic E-state index is 9.06. The Morgan fingerprint density at radius 1 is 1.56 bits per heavy atom. The summed E-state index contributed by atoms with van der Waals surface area (Å²) in [5.74, 6) is 0. The van der Waals surface area contributed by atoms with Gasteiger partial charge in [-0.2, -0.15) is 5.26 Å². The summed E-state index contributed by atoms with van der Waals surface area (Å²) in [6.07, 6.45) is 1.99. The molecule has 0 radical (unpaired) electrons. The first kappa shape index (κ1) is 12.1. The molecule has 0 saturated carbocycles. The molecule has 1 aliphatic rings. The van der Waals surface area contributed by atoms with Gasteiger partial charge in [0.1, 0.15) is 0 Å². The van der Waals surface area contributed by atoms with Crippen LogP contribution in [-0.2, 0) is 6.54 Å². The van der Waals surface area contributed by atoms with Crippen molar-refractivity contribution in [1.29, 1.82) is 5.26 Å². The Kier molecular flexibility index (Phi) is 3.68. The quantitative estimate of drug-likeness (QED) is 0.833. The lowest BCUT2D eigenvalue weighted by Gasteiger charge is -2.34. The topological polar surface area (TPSA) is 27.0 Å². The normalized spacial score (nSPS) is 20.6. The van der Waals surface area contributed by atoms with Crippen molar-refractivity contribution in [1.82, 2.24) is 4.90 Å². The van der Waals surface area contributed by atoms with E-state index in [2.05, 4.69) is 45.3 Å². The molecule has 1 aromatic heterocycles. The summed E-state index contributed by atoms with van der Waals surface area (Å²) >= 11 is 5.27. The first-order valence-corrected chi connectivity index (χ1v) is 7.15. The van der Waals surface area contributed by atoms with E-state index < -0.39 is 0 Å². The van der Waals surface area contributed by atoms with Gasteiger partial charge in [0.05, 0.1) is 11.5 Å². The van der Waals surface area contributed by atoms with E-state index in [-0.39, 0.29) is 5.41 Å². The second kappa shape index (κ2) is 4.87. The van der Waals surface area contributed by atoms with E-state index in [1.54, 1.807) is 11.3 Å². The molecule has 0 aromatic carbocycles. The van der Waals surface area contributed by atoms with Crippen LogP contribution in [0.3, 0.4) is 0 Å². The standard InChI is InChI=1S/C12H15BrN2S/c1-12(9-14)2-4-15(5-3-12)7-11-6-10(13)8-16-11/h6,8H,2-5,7H2,1H3. The van der Waals surface area contributed by atoms with Crippen molar-refractivity contribution in [2.75, 3.05) is 13.1 Å². The first-order chi connectivity index (χ1) is 7.61. The van der Waals surface area contributed by atoms with Crippen LogP contribution >= 0.6 is 27.3 Å². The molecule has 0 amide bonds. The Hall–Kier alpha value is -0.370. The number of piperidine rings is 1. The van der Waals surface area contributed by atoms with Gasteiger partial charge in [-0.1, -0.05) is 0 Å². The van der Waals surface area contributed by atoms with Crippen LogP contribution in [0.15, 0.2) is 15.9 Å². The van der Waals surface area contributed by atoms with Crippen molar-refractivity contribution in [3.63, 3.8) is 0 Å². The van der Waals surface area contributed by atoms with Crippen LogP contribution in [0.2, 0.25) is 0 Å². The molecule has 0 aliphatic carbocycles. The van der Waals surface area contributed by atoms with Crippen molar-refractivity contribution < 1.29 is 0 Å². The minimum atomic E-state index is -0.0907. The second-order valence-electron chi connectivity index (χ2n) is 4.68. The summed E-state index contributed by atoms with van der Waals surface area (Å²) in [6, 6.07) is 4.62. The predicted molar refractivity (Wildman–Crippen MR) is 70.3 cm³/mol. The molecule has 86 valence electrons. The van der Waals surface area contributed by atoms with Crippen molar-refractivity contribution in [2.45, 2.75) is 26.3 Å². The van der Waals surface area contributed by atoms with Gasteiger partial charge in [-0.05, 0) is 41.8 Å². The highest BCUT2D eigenvalue weighted by Gasteiger charge is 2.29. The van der Waals surface area contributed by atoms with Gasteiger partial charge in [0.2, 0.25) is 0 Å². The Morgan fingerprint density at radius 2 is 2.25 bits per heavy atom. The van der Waals surface area contributed by atoms with Gasteiger partial charge >= 0.3 is 0 Å². The lowest BCUT2D eigenvalue weighted by molar-refractivity contribution is 0.151. The van der Waals surface area contributed by atoms with Gasteiger partial charge in [-0.25, -0.2) is 0 Å². The van der Waals surface area contributed by atoms with Gasteiger partial charge in [0.15, 0.2) is 0 Å². The smallest absolute Gasteiger partial charge is 0.0687 e. The summed E-state index contributed by atoms with van der Waals surface area (Å²) in [5, 5.41) is 11.2. The second-order valence-corrected chi connectivity index (χ2v) is 6.59. The van der Waals surface area contributed by atoms with Crippen LogP contribution in [0.4, 0.5) is 0 Å². The summed E-state index contributed by atoms with van der Waals surface area (Å²) in [5.41, 5.74) is -0.0907. The maximum absolute atomic E-state index is 9.06. The molecule has 0 atom stereocenters. The van der Waals surface area contributed by atoms with Crippen LogP contribution in [-0.4, -0.2) is 18.0 Å². The molecule has 1 aliphatic heterocycles. The van der Waals surface area contributed by atoms with E-state index in [1.807, 2.05) is 0 Å². The van der Waals surface area contributed by atoms with Crippen molar-refractivity contribution in [2.24, 2.45) is 5.41 Å². The molecule has 1 saturated heterocycles. The van der Waals surface area contributed by atoms with E-state index in [0.29, 0.717) is 0 Å². The molecule has 0 spiro atoms. The first-order valence-electron chi connectivity index (χ1n) is 5.48. The fourth-order valence-electron chi connectivity index (χ4n) is 1.97. The largest absolute Gasteiger partial charge is 0.298 e. The van der Waals surface area contributed by atoms with E-state index in [9.17, 15) is 0 Å². The SMILES string of the molecule is CC1(C#N)CCN(Cc2cc(Br)cs2)CC1. The zero-order valence-corrected chi connectivity index (χ0v) is 11.8. The molecule has 0 bridgehead atoms. The zero-order chi connectivity index (χ0) is 11.6. The molecule has 2 heterocycles. The minimum Gasteiger partial charge on any atom is -0.298 e. The van der Waals surface area contributed by atoms with Crippen molar-refractivity contribution in [3.05, 3.63) is 20.8 Å². The Balaban J connectivity index is 1.89. The number of rotatable bonds is 2.